The molecule has 4 rings (SSSR count). The monoisotopic (exact) mass is 278 g/mol. The lowest BCUT2D eigenvalue weighted by Crippen LogP contribution is -2.37. The van der Waals surface area contributed by atoms with Crippen LogP contribution in [0.25, 0.3) is 0 Å². The van der Waals surface area contributed by atoms with Gasteiger partial charge in [0.25, 0.3) is 0 Å². The second-order valence-electron chi connectivity index (χ2n) is 6.11. The van der Waals surface area contributed by atoms with Crippen LogP contribution in [0.3, 0.4) is 0 Å². The van der Waals surface area contributed by atoms with E-state index in [1.54, 1.807) is 0 Å². The van der Waals surface area contributed by atoms with E-state index in [4.69, 9.17) is 0 Å². The van der Waals surface area contributed by atoms with Crippen molar-refractivity contribution in [2.24, 2.45) is 0 Å². The van der Waals surface area contributed by atoms with E-state index in [2.05, 4.69) is 71.3 Å². The number of benzene rings is 2. The Morgan fingerprint density at radius 1 is 0.952 bits per heavy atom. The molecule has 2 aliphatic rings. The van der Waals surface area contributed by atoms with Crippen LogP contribution in [0.5, 0.6) is 0 Å². The Bertz CT molecular complexity index is 622. The van der Waals surface area contributed by atoms with Gasteiger partial charge >= 0.3 is 0 Å². The average molecular weight is 278 g/mol. The van der Waals surface area contributed by atoms with E-state index in [-0.39, 0.29) is 0 Å². The summed E-state index contributed by atoms with van der Waals surface area (Å²) in [5, 5.41) is 0. The van der Waals surface area contributed by atoms with Crippen molar-refractivity contribution in [2.75, 3.05) is 13.1 Å². The predicted octanol–water partition coefficient (Wildman–Crippen LogP) is 3.64. The van der Waals surface area contributed by atoms with Crippen LogP contribution < -0.4 is 0 Å². The third kappa shape index (κ3) is 2.10. The summed E-state index contributed by atoms with van der Waals surface area (Å²) in [6.07, 6.45) is 1.76. The minimum absolute atomic E-state index is 0.403. The Morgan fingerprint density at radius 3 is 2.52 bits per heavy atom. The first kappa shape index (κ1) is 13.1. The highest BCUT2D eigenvalue weighted by atomic mass is 15.4. The minimum atomic E-state index is 0.403. The van der Waals surface area contributed by atoms with Crippen molar-refractivity contribution in [1.82, 2.24) is 9.80 Å². The largest absolute Gasteiger partial charge is 0.282 e. The Kier molecular flexibility index (Phi) is 3.28. The van der Waals surface area contributed by atoms with E-state index in [1.807, 2.05) is 0 Å². The number of rotatable bonds is 2. The van der Waals surface area contributed by atoms with E-state index in [1.165, 1.54) is 36.2 Å². The van der Waals surface area contributed by atoms with Crippen LogP contribution in [0, 0.1) is 0 Å². The van der Waals surface area contributed by atoms with Gasteiger partial charge in [0.1, 0.15) is 0 Å². The molecule has 2 aromatic rings. The molecular formula is C19H22N2. The average Bonchev–Trinajstić information content (AvgIpc) is 2.85. The highest BCUT2D eigenvalue weighted by Gasteiger charge is 2.39. The van der Waals surface area contributed by atoms with Crippen molar-refractivity contribution in [3.05, 3.63) is 71.3 Å². The molecule has 0 N–H and O–H groups in total. The highest BCUT2D eigenvalue weighted by Crippen LogP contribution is 2.39. The van der Waals surface area contributed by atoms with Crippen LogP contribution in [-0.4, -0.2) is 29.1 Å². The zero-order chi connectivity index (χ0) is 14.2. The first-order valence-electron chi connectivity index (χ1n) is 8.01. The molecule has 4 unspecified atom stereocenters. The Balaban J connectivity index is 1.88. The fourth-order valence-corrected chi connectivity index (χ4v) is 4.08. The van der Waals surface area contributed by atoms with Crippen LogP contribution in [0.2, 0.25) is 0 Å². The van der Waals surface area contributed by atoms with Gasteiger partial charge in [0.15, 0.2) is 0 Å². The Morgan fingerprint density at radius 2 is 1.71 bits per heavy atom. The topological polar surface area (TPSA) is 6.48 Å². The van der Waals surface area contributed by atoms with Crippen LogP contribution in [0.4, 0.5) is 0 Å². The van der Waals surface area contributed by atoms with Gasteiger partial charge in [-0.3, -0.25) is 9.80 Å². The first-order valence-corrected chi connectivity index (χ1v) is 8.01. The van der Waals surface area contributed by atoms with Gasteiger partial charge in [-0.2, -0.15) is 0 Å². The number of hydrogen-bond donors (Lipinski definition) is 0. The lowest BCUT2D eigenvalue weighted by atomic mass is 9.93. The van der Waals surface area contributed by atoms with Crippen molar-refractivity contribution in [1.29, 1.82) is 0 Å². The summed E-state index contributed by atoms with van der Waals surface area (Å²) >= 11 is 0. The van der Waals surface area contributed by atoms with E-state index in [0.717, 1.165) is 6.54 Å². The number of fused-ring (bicyclic) bond motifs is 3. The summed E-state index contributed by atoms with van der Waals surface area (Å²) in [5.74, 6) is 0. The predicted molar refractivity (Wildman–Crippen MR) is 85.9 cm³/mol. The quantitative estimate of drug-likeness (QED) is 0.827. The summed E-state index contributed by atoms with van der Waals surface area (Å²) < 4.78 is 0. The molecule has 2 nitrogen and oxygen atoms in total. The molecule has 1 saturated heterocycles. The van der Waals surface area contributed by atoms with Gasteiger partial charge in [0, 0.05) is 19.6 Å². The normalized spacial score (nSPS) is 30.7. The second-order valence-corrected chi connectivity index (χ2v) is 6.11. The molecule has 4 atom stereocenters. The maximum Gasteiger partial charge on any atom is 0.0631 e. The van der Waals surface area contributed by atoms with Gasteiger partial charge in [0.2, 0.25) is 0 Å². The van der Waals surface area contributed by atoms with Gasteiger partial charge in [-0.1, -0.05) is 61.5 Å². The van der Waals surface area contributed by atoms with Crippen LogP contribution in [0.1, 0.15) is 36.1 Å². The van der Waals surface area contributed by atoms with Gasteiger partial charge in [-0.25, -0.2) is 0 Å². The van der Waals surface area contributed by atoms with Crippen molar-refractivity contribution in [3.8, 4) is 0 Å². The van der Waals surface area contributed by atoms with Gasteiger partial charge in [-0.05, 0) is 23.1 Å². The molecule has 2 heteroatoms. The number of nitrogens with zero attached hydrogens (tertiary/aromatic N) is 2. The molecule has 0 spiro atoms. The molecule has 2 heterocycles. The van der Waals surface area contributed by atoms with E-state index in [9.17, 15) is 0 Å². The molecule has 1 fully saturated rings. The fraction of sp³-hybridized carbons (Fsp3) is 0.368. The Hall–Kier alpha value is -1.64. The zero-order valence-corrected chi connectivity index (χ0v) is 12.6. The molecule has 108 valence electrons. The lowest BCUT2D eigenvalue weighted by Gasteiger charge is -2.33. The van der Waals surface area contributed by atoms with Crippen molar-refractivity contribution >= 4 is 0 Å². The molecule has 2 aromatic carbocycles. The summed E-state index contributed by atoms with van der Waals surface area (Å²) in [6, 6.07) is 20.4. The molecule has 2 aliphatic heterocycles. The molecular weight excluding hydrogens is 256 g/mol. The second kappa shape index (κ2) is 5.28. The van der Waals surface area contributed by atoms with Crippen LogP contribution in [0.15, 0.2) is 54.6 Å². The molecule has 0 aliphatic carbocycles. The van der Waals surface area contributed by atoms with Crippen molar-refractivity contribution in [2.45, 2.75) is 32.1 Å². The summed E-state index contributed by atoms with van der Waals surface area (Å²) in [6.45, 7) is 5.77. The molecule has 2 bridgehead atoms. The van der Waals surface area contributed by atoms with Crippen molar-refractivity contribution < 1.29 is 0 Å². The smallest absolute Gasteiger partial charge is 0.0631 e. The van der Waals surface area contributed by atoms with E-state index in [0.29, 0.717) is 12.2 Å². The minimum Gasteiger partial charge on any atom is -0.282 e. The standard InChI is InChI=1S/C19H22N2/c1-2-18-20-12-13-21(18)19(15-8-4-3-5-9-15)17-11-7-6-10-16(17)14-20/h3-11,18-19H,2,12-14H2,1H3. The molecule has 0 saturated carbocycles. The van der Waals surface area contributed by atoms with Gasteiger partial charge in [0.05, 0.1) is 12.2 Å². The first-order chi connectivity index (χ1) is 10.4. The number of hydrogen-bond acceptors (Lipinski definition) is 2. The summed E-state index contributed by atoms with van der Waals surface area (Å²) in [4.78, 5) is 5.34. The maximum absolute atomic E-state index is 2.70. The summed E-state index contributed by atoms with van der Waals surface area (Å²) in [5.41, 5.74) is 4.41. The summed E-state index contributed by atoms with van der Waals surface area (Å²) in [7, 11) is 0. The van der Waals surface area contributed by atoms with Gasteiger partial charge in [-0.15, -0.1) is 0 Å². The molecule has 0 amide bonds. The lowest BCUT2D eigenvalue weighted by molar-refractivity contribution is 0.114. The molecule has 0 aromatic heterocycles. The molecule has 0 radical (unpaired) electrons. The fourth-order valence-electron chi connectivity index (χ4n) is 4.08. The van der Waals surface area contributed by atoms with Gasteiger partial charge < -0.3 is 0 Å². The van der Waals surface area contributed by atoms with Crippen molar-refractivity contribution in [3.63, 3.8) is 0 Å². The highest BCUT2D eigenvalue weighted by molar-refractivity contribution is 5.39. The third-order valence-corrected chi connectivity index (χ3v) is 4.98. The SMILES string of the molecule is CCC1N2CCN1C(c1ccccc1)c1ccccc1C2. The van der Waals surface area contributed by atoms with E-state index >= 15 is 0 Å². The zero-order valence-electron chi connectivity index (χ0n) is 12.6. The van der Waals surface area contributed by atoms with Crippen LogP contribution in [-0.2, 0) is 6.54 Å². The van der Waals surface area contributed by atoms with Crippen LogP contribution >= 0.6 is 0 Å². The maximum atomic E-state index is 2.70. The molecule has 21 heavy (non-hydrogen) atoms. The third-order valence-electron chi connectivity index (χ3n) is 4.98. The van der Waals surface area contributed by atoms with E-state index < -0.39 is 0 Å². The Labute approximate surface area is 127 Å².